The average Bonchev–Trinajstić information content (AvgIpc) is 3.44. The average molecular weight is 369 g/mol. The fourth-order valence-electron chi connectivity index (χ4n) is 3.01. The molecule has 5 rings (SSSR count). The van der Waals surface area contributed by atoms with Crippen LogP contribution in [0, 0.1) is 0 Å². The standard InChI is InChI=1S/C21H15N5O2/c1-27-16-6-4-14(5-7-16)18-13-17(19-3-2-12-28-19)23-21-24-20(25-26(18)21)15-8-10-22-11-9-15/h2-13H,1H3. The molecule has 0 spiro atoms. The van der Waals surface area contributed by atoms with E-state index in [0.29, 0.717) is 23.1 Å². The molecular formula is C21H15N5O2. The number of hydrogen-bond donors (Lipinski definition) is 0. The van der Waals surface area contributed by atoms with Crippen LogP contribution in [0.25, 0.3) is 39.9 Å². The van der Waals surface area contributed by atoms with E-state index in [0.717, 1.165) is 22.6 Å². The molecule has 136 valence electrons. The maximum Gasteiger partial charge on any atom is 0.253 e. The number of aromatic nitrogens is 5. The van der Waals surface area contributed by atoms with Crippen LogP contribution in [0.4, 0.5) is 0 Å². The van der Waals surface area contributed by atoms with Gasteiger partial charge in [-0.25, -0.2) is 4.98 Å². The number of benzene rings is 1. The van der Waals surface area contributed by atoms with E-state index in [1.165, 1.54) is 0 Å². The van der Waals surface area contributed by atoms with E-state index in [4.69, 9.17) is 9.15 Å². The summed E-state index contributed by atoms with van der Waals surface area (Å²) in [5.74, 6) is 2.54. The maximum atomic E-state index is 5.54. The number of furan rings is 1. The molecule has 7 heteroatoms. The highest BCUT2D eigenvalue weighted by atomic mass is 16.5. The van der Waals surface area contributed by atoms with Gasteiger partial charge in [0.1, 0.15) is 11.4 Å². The first-order chi connectivity index (χ1) is 13.8. The van der Waals surface area contributed by atoms with Crippen LogP contribution in [-0.4, -0.2) is 31.7 Å². The van der Waals surface area contributed by atoms with Gasteiger partial charge in [0, 0.05) is 23.5 Å². The molecule has 5 aromatic rings. The van der Waals surface area contributed by atoms with Gasteiger partial charge in [-0.05, 0) is 54.6 Å². The van der Waals surface area contributed by atoms with E-state index in [1.54, 1.807) is 30.3 Å². The molecule has 4 aromatic heterocycles. The molecule has 0 aliphatic carbocycles. The van der Waals surface area contributed by atoms with Gasteiger partial charge in [-0.15, -0.1) is 5.10 Å². The van der Waals surface area contributed by atoms with Crippen molar-refractivity contribution < 1.29 is 9.15 Å². The monoisotopic (exact) mass is 369 g/mol. The molecule has 0 N–H and O–H groups in total. The Morgan fingerprint density at radius 1 is 0.929 bits per heavy atom. The Bertz CT molecular complexity index is 1230. The van der Waals surface area contributed by atoms with Crippen molar-refractivity contribution in [1.29, 1.82) is 0 Å². The first kappa shape index (κ1) is 16.2. The Morgan fingerprint density at radius 2 is 1.75 bits per heavy atom. The second kappa shape index (κ2) is 6.62. The molecule has 0 aliphatic heterocycles. The lowest BCUT2D eigenvalue weighted by atomic mass is 10.1. The van der Waals surface area contributed by atoms with Crippen LogP contribution in [0.2, 0.25) is 0 Å². The lowest BCUT2D eigenvalue weighted by Crippen LogP contribution is -1.98. The van der Waals surface area contributed by atoms with E-state index >= 15 is 0 Å². The van der Waals surface area contributed by atoms with E-state index < -0.39 is 0 Å². The highest BCUT2D eigenvalue weighted by Crippen LogP contribution is 2.28. The van der Waals surface area contributed by atoms with Gasteiger partial charge in [0.05, 0.1) is 19.1 Å². The number of ether oxygens (including phenoxy) is 1. The van der Waals surface area contributed by atoms with E-state index in [1.807, 2.05) is 54.6 Å². The first-order valence-electron chi connectivity index (χ1n) is 8.68. The summed E-state index contributed by atoms with van der Waals surface area (Å²) < 4.78 is 12.5. The summed E-state index contributed by atoms with van der Waals surface area (Å²) >= 11 is 0. The molecule has 0 radical (unpaired) electrons. The smallest absolute Gasteiger partial charge is 0.253 e. The number of nitrogens with zero attached hydrogens (tertiary/aromatic N) is 5. The van der Waals surface area contributed by atoms with Crippen molar-refractivity contribution in [3.8, 4) is 39.8 Å². The molecular weight excluding hydrogens is 354 g/mol. The molecule has 0 saturated carbocycles. The van der Waals surface area contributed by atoms with Crippen LogP contribution in [0.5, 0.6) is 5.75 Å². The summed E-state index contributed by atoms with van der Waals surface area (Å²) in [5.41, 5.74) is 3.39. The second-order valence-corrected chi connectivity index (χ2v) is 6.12. The minimum Gasteiger partial charge on any atom is -0.497 e. The van der Waals surface area contributed by atoms with Crippen molar-refractivity contribution >= 4 is 5.78 Å². The van der Waals surface area contributed by atoms with Gasteiger partial charge in [-0.1, -0.05) is 0 Å². The van der Waals surface area contributed by atoms with Crippen molar-refractivity contribution in [1.82, 2.24) is 24.6 Å². The maximum absolute atomic E-state index is 5.54. The number of fused-ring (bicyclic) bond motifs is 1. The minimum absolute atomic E-state index is 0.492. The van der Waals surface area contributed by atoms with E-state index in [9.17, 15) is 0 Å². The Labute approximate surface area is 160 Å². The number of hydrogen-bond acceptors (Lipinski definition) is 6. The van der Waals surface area contributed by atoms with Crippen molar-refractivity contribution in [3.05, 3.63) is 73.3 Å². The number of rotatable bonds is 4. The molecule has 0 unspecified atom stereocenters. The summed E-state index contributed by atoms with van der Waals surface area (Å²) in [6, 6.07) is 17.2. The molecule has 0 atom stereocenters. The zero-order valence-corrected chi connectivity index (χ0v) is 15.0. The van der Waals surface area contributed by atoms with Crippen LogP contribution in [0.1, 0.15) is 0 Å². The summed E-state index contributed by atoms with van der Waals surface area (Å²) in [6.45, 7) is 0. The zero-order chi connectivity index (χ0) is 18.9. The predicted octanol–water partition coefficient (Wildman–Crippen LogP) is 4.12. The Balaban J connectivity index is 1.74. The quantitative estimate of drug-likeness (QED) is 0.474. The van der Waals surface area contributed by atoms with Gasteiger partial charge >= 0.3 is 0 Å². The molecule has 0 saturated heterocycles. The van der Waals surface area contributed by atoms with E-state index in [2.05, 4.69) is 20.1 Å². The molecule has 0 aliphatic rings. The third kappa shape index (κ3) is 2.79. The Kier molecular flexibility index (Phi) is 3.83. The summed E-state index contributed by atoms with van der Waals surface area (Å²) in [7, 11) is 1.65. The molecule has 4 heterocycles. The van der Waals surface area contributed by atoms with Gasteiger partial charge in [0.25, 0.3) is 5.78 Å². The third-order valence-electron chi connectivity index (χ3n) is 4.41. The van der Waals surface area contributed by atoms with Crippen LogP contribution in [0.15, 0.2) is 77.7 Å². The van der Waals surface area contributed by atoms with Gasteiger partial charge in [0.15, 0.2) is 11.6 Å². The van der Waals surface area contributed by atoms with Crippen molar-refractivity contribution in [2.75, 3.05) is 7.11 Å². The van der Waals surface area contributed by atoms with Gasteiger partial charge in [0.2, 0.25) is 0 Å². The van der Waals surface area contributed by atoms with Crippen molar-refractivity contribution in [2.45, 2.75) is 0 Å². The molecule has 1 aromatic carbocycles. The summed E-state index contributed by atoms with van der Waals surface area (Å²) in [5, 5.41) is 4.68. The van der Waals surface area contributed by atoms with Gasteiger partial charge in [-0.2, -0.15) is 9.50 Å². The number of methoxy groups -OCH3 is 1. The second-order valence-electron chi connectivity index (χ2n) is 6.12. The van der Waals surface area contributed by atoms with Crippen LogP contribution in [-0.2, 0) is 0 Å². The van der Waals surface area contributed by atoms with Crippen LogP contribution >= 0.6 is 0 Å². The van der Waals surface area contributed by atoms with Crippen LogP contribution in [0.3, 0.4) is 0 Å². The Hall–Kier alpha value is -4.00. The third-order valence-corrected chi connectivity index (χ3v) is 4.41. The summed E-state index contributed by atoms with van der Waals surface area (Å²) in [4.78, 5) is 13.3. The SMILES string of the molecule is COc1ccc(-c2cc(-c3ccco3)nc3nc(-c4ccncc4)nn23)cc1. The lowest BCUT2D eigenvalue weighted by molar-refractivity contribution is 0.415. The Morgan fingerprint density at radius 3 is 2.46 bits per heavy atom. The highest BCUT2D eigenvalue weighted by molar-refractivity contribution is 5.70. The van der Waals surface area contributed by atoms with Gasteiger partial charge in [-0.3, -0.25) is 4.98 Å². The largest absolute Gasteiger partial charge is 0.497 e. The molecule has 0 bridgehead atoms. The lowest BCUT2D eigenvalue weighted by Gasteiger charge is -2.07. The fraction of sp³-hybridized carbons (Fsp3) is 0.0476. The van der Waals surface area contributed by atoms with Crippen molar-refractivity contribution in [3.63, 3.8) is 0 Å². The molecule has 0 amide bonds. The summed E-state index contributed by atoms with van der Waals surface area (Å²) in [6.07, 6.45) is 5.06. The molecule has 28 heavy (non-hydrogen) atoms. The zero-order valence-electron chi connectivity index (χ0n) is 15.0. The molecule has 7 nitrogen and oxygen atoms in total. The van der Waals surface area contributed by atoms with Crippen LogP contribution < -0.4 is 4.74 Å². The normalized spacial score (nSPS) is 11.0. The topological polar surface area (TPSA) is 78.3 Å². The minimum atomic E-state index is 0.492. The van der Waals surface area contributed by atoms with Gasteiger partial charge < -0.3 is 9.15 Å². The predicted molar refractivity (Wildman–Crippen MR) is 104 cm³/mol. The number of pyridine rings is 1. The highest BCUT2D eigenvalue weighted by Gasteiger charge is 2.16. The first-order valence-corrected chi connectivity index (χ1v) is 8.68. The van der Waals surface area contributed by atoms with E-state index in [-0.39, 0.29) is 0 Å². The fourth-order valence-corrected chi connectivity index (χ4v) is 3.01. The molecule has 0 fully saturated rings. The van der Waals surface area contributed by atoms with Crippen molar-refractivity contribution in [2.24, 2.45) is 0 Å².